The van der Waals surface area contributed by atoms with E-state index in [2.05, 4.69) is 4.98 Å². The van der Waals surface area contributed by atoms with Crippen LogP contribution < -0.4 is 5.66 Å². The maximum absolute atomic E-state index is 6.02. The number of nitrogens with zero attached hydrogens (tertiary/aromatic N) is 1. The largest absolute Gasteiger partial charge is 0.534 e. The first-order valence-electron chi connectivity index (χ1n) is 7.18. The highest BCUT2D eigenvalue weighted by Gasteiger charge is 2.53. The Bertz CT molecular complexity index is 633. The van der Waals surface area contributed by atoms with Crippen LogP contribution >= 0.6 is 0 Å². The van der Waals surface area contributed by atoms with Gasteiger partial charge in [-0.25, -0.2) is 4.98 Å². The van der Waals surface area contributed by atoms with Crippen molar-refractivity contribution in [3.8, 4) is 11.5 Å². The third-order valence-corrected chi connectivity index (χ3v) is 4.32. The van der Waals surface area contributed by atoms with Crippen molar-refractivity contribution in [1.29, 1.82) is 0 Å². The fraction of sp³-hybridized carbons (Fsp3) is 0.438. The molecule has 1 saturated heterocycles. The van der Waals surface area contributed by atoms with E-state index in [-0.39, 0.29) is 11.2 Å². The first-order chi connectivity index (χ1) is 9.80. The van der Waals surface area contributed by atoms with Crippen LogP contribution in [0.4, 0.5) is 0 Å². The molecule has 0 bridgehead atoms. The number of hydrogen-bond donors (Lipinski definition) is 0. The lowest BCUT2D eigenvalue weighted by Gasteiger charge is -2.32. The molecule has 0 saturated carbocycles. The molecule has 2 aromatic rings. The third kappa shape index (κ3) is 2.41. The van der Waals surface area contributed by atoms with Crippen LogP contribution in [0.1, 0.15) is 33.4 Å². The van der Waals surface area contributed by atoms with Gasteiger partial charge in [-0.15, -0.1) is 0 Å². The lowest BCUT2D eigenvalue weighted by Crippen LogP contribution is -2.41. The predicted molar refractivity (Wildman–Crippen MR) is 82.4 cm³/mol. The van der Waals surface area contributed by atoms with E-state index in [0.29, 0.717) is 11.6 Å². The molecule has 0 spiro atoms. The number of aromatic nitrogens is 1. The van der Waals surface area contributed by atoms with E-state index < -0.39 is 7.12 Å². The molecule has 3 rings (SSSR count). The second-order valence-electron chi connectivity index (χ2n) is 6.42. The summed E-state index contributed by atoms with van der Waals surface area (Å²) in [6.45, 7) is 10.0. The summed E-state index contributed by atoms with van der Waals surface area (Å²) in [7, 11) is -0.514. The summed E-state index contributed by atoms with van der Waals surface area (Å²) < 4.78 is 18.0. The van der Waals surface area contributed by atoms with Crippen LogP contribution in [-0.4, -0.2) is 23.3 Å². The maximum atomic E-state index is 6.02. The number of rotatable bonds is 2. The molecule has 0 radical (unpaired) electrons. The van der Waals surface area contributed by atoms with E-state index in [1.807, 2.05) is 65.0 Å². The fourth-order valence-electron chi connectivity index (χ4n) is 2.28. The average Bonchev–Trinajstić information content (AvgIpc) is 2.89. The molecule has 1 fully saturated rings. The van der Waals surface area contributed by atoms with Crippen LogP contribution in [0.3, 0.4) is 0 Å². The summed E-state index contributed by atoms with van der Waals surface area (Å²) in [5.41, 5.74) is 1.62. The number of aryl methyl sites for hydroxylation is 1. The van der Waals surface area contributed by atoms with Crippen molar-refractivity contribution in [2.24, 2.45) is 0 Å². The van der Waals surface area contributed by atoms with Gasteiger partial charge in [-0.1, -0.05) is 18.2 Å². The Kier molecular flexibility index (Phi) is 3.22. The number of benzene rings is 1. The minimum absolute atomic E-state index is 0.385. The minimum atomic E-state index is -0.514. The van der Waals surface area contributed by atoms with Gasteiger partial charge in [-0.05, 0) is 46.8 Å². The fourth-order valence-corrected chi connectivity index (χ4v) is 2.28. The van der Waals surface area contributed by atoms with Crippen LogP contribution in [0.15, 0.2) is 34.7 Å². The highest BCUT2D eigenvalue weighted by molar-refractivity contribution is 6.61. The molecule has 4 nitrogen and oxygen atoms in total. The van der Waals surface area contributed by atoms with Crippen molar-refractivity contribution >= 4 is 12.8 Å². The van der Waals surface area contributed by atoms with Gasteiger partial charge >= 0.3 is 7.12 Å². The lowest BCUT2D eigenvalue weighted by molar-refractivity contribution is 0.00578. The first kappa shape index (κ1) is 14.4. The lowest BCUT2D eigenvalue weighted by atomic mass is 9.85. The standard InChI is InChI=1S/C16H20BNO3/c1-11-13(17-20-15(2,3)16(4,5)21-17)19-14(18-11)12-9-7-6-8-10-12/h6-10H,1-5H3. The normalized spacial score (nSPS) is 20.0. The molecule has 0 unspecified atom stereocenters. The summed E-state index contributed by atoms with van der Waals surface area (Å²) in [5.74, 6) is 0.595. The molecule has 0 amide bonds. The molecule has 1 aromatic heterocycles. The highest BCUT2D eigenvalue weighted by atomic mass is 16.7. The molecule has 1 aliphatic heterocycles. The summed E-state index contributed by atoms with van der Waals surface area (Å²) in [4.78, 5) is 4.49. The van der Waals surface area contributed by atoms with Gasteiger partial charge in [-0.2, -0.15) is 0 Å². The van der Waals surface area contributed by atoms with Gasteiger partial charge in [0, 0.05) is 5.56 Å². The Labute approximate surface area is 125 Å². The number of oxazole rings is 1. The molecule has 0 atom stereocenters. The Balaban J connectivity index is 1.93. The predicted octanol–water partition coefficient (Wildman–Crippen LogP) is 2.95. The second kappa shape index (κ2) is 4.72. The average molecular weight is 285 g/mol. The molecule has 1 aromatic carbocycles. The summed E-state index contributed by atoms with van der Waals surface area (Å²) >= 11 is 0. The second-order valence-corrected chi connectivity index (χ2v) is 6.42. The smallest absolute Gasteiger partial charge is 0.445 e. The molecule has 2 heterocycles. The molecule has 110 valence electrons. The van der Waals surface area contributed by atoms with E-state index in [1.54, 1.807) is 0 Å². The Morgan fingerprint density at radius 3 is 2.10 bits per heavy atom. The van der Waals surface area contributed by atoms with E-state index >= 15 is 0 Å². The van der Waals surface area contributed by atoms with E-state index in [9.17, 15) is 0 Å². The van der Waals surface area contributed by atoms with E-state index in [0.717, 1.165) is 11.3 Å². The summed E-state index contributed by atoms with van der Waals surface area (Å²) in [5, 5.41) is 0. The van der Waals surface area contributed by atoms with E-state index in [4.69, 9.17) is 13.7 Å². The van der Waals surface area contributed by atoms with Crippen molar-refractivity contribution in [1.82, 2.24) is 4.98 Å². The van der Waals surface area contributed by atoms with Crippen molar-refractivity contribution in [2.75, 3.05) is 0 Å². The maximum Gasteiger partial charge on any atom is 0.534 e. The number of hydrogen-bond acceptors (Lipinski definition) is 4. The zero-order valence-electron chi connectivity index (χ0n) is 13.1. The SMILES string of the molecule is Cc1nc(-c2ccccc2)oc1B1OC(C)(C)C(C)(C)O1. The van der Waals surface area contributed by atoms with Gasteiger partial charge in [0.2, 0.25) is 5.89 Å². The molecular weight excluding hydrogens is 265 g/mol. The van der Waals surface area contributed by atoms with Crippen molar-refractivity contribution < 1.29 is 13.7 Å². The Morgan fingerprint density at radius 2 is 1.52 bits per heavy atom. The zero-order valence-corrected chi connectivity index (χ0v) is 13.1. The van der Waals surface area contributed by atoms with Crippen LogP contribution in [0.2, 0.25) is 0 Å². The molecule has 0 N–H and O–H groups in total. The van der Waals surface area contributed by atoms with Gasteiger partial charge in [0.15, 0.2) is 5.66 Å². The quantitative estimate of drug-likeness (QED) is 0.796. The molecule has 0 aliphatic carbocycles. The molecule has 21 heavy (non-hydrogen) atoms. The summed E-state index contributed by atoms with van der Waals surface area (Å²) in [6, 6.07) is 9.83. The van der Waals surface area contributed by atoms with Crippen molar-refractivity contribution in [2.45, 2.75) is 45.8 Å². The van der Waals surface area contributed by atoms with Crippen LogP contribution in [0.5, 0.6) is 0 Å². The minimum Gasteiger partial charge on any atom is -0.445 e. The highest BCUT2D eigenvalue weighted by Crippen LogP contribution is 2.37. The monoisotopic (exact) mass is 285 g/mol. The van der Waals surface area contributed by atoms with Crippen LogP contribution in [-0.2, 0) is 9.31 Å². The van der Waals surface area contributed by atoms with Gasteiger partial charge < -0.3 is 13.7 Å². The first-order valence-corrected chi connectivity index (χ1v) is 7.18. The molecule has 5 heteroatoms. The Hall–Kier alpha value is -1.59. The van der Waals surface area contributed by atoms with Gasteiger partial charge in [0.25, 0.3) is 0 Å². The van der Waals surface area contributed by atoms with E-state index in [1.165, 1.54) is 0 Å². The molecular formula is C16H20BNO3. The van der Waals surface area contributed by atoms with Gasteiger partial charge in [0.05, 0.1) is 16.9 Å². The molecule has 1 aliphatic rings. The third-order valence-electron chi connectivity index (χ3n) is 4.32. The van der Waals surface area contributed by atoms with Crippen LogP contribution in [0.25, 0.3) is 11.5 Å². The van der Waals surface area contributed by atoms with Gasteiger partial charge in [-0.3, -0.25) is 0 Å². The Morgan fingerprint density at radius 1 is 0.952 bits per heavy atom. The van der Waals surface area contributed by atoms with Crippen molar-refractivity contribution in [3.63, 3.8) is 0 Å². The topological polar surface area (TPSA) is 44.5 Å². The van der Waals surface area contributed by atoms with Gasteiger partial charge in [0.1, 0.15) is 0 Å². The zero-order chi connectivity index (χ0) is 15.3. The summed E-state index contributed by atoms with van der Waals surface area (Å²) in [6.07, 6.45) is 0. The van der Waals surface area contributed by atoms with Crippen molar-refractivity contribution in [3.05, 3.63) is 36.0 Å². The van der Waals surface area contributed by atoms with Crippen LogP contribution in [0, 0.1) is 6.92 Å².